The third-order valence-corrected chi connectivity index (χ3v) is 2.34. The van der Waals surface area contributed by atoms with Gasteiger partial charge in [0.05, 0.1) is 6.10 Å². The second kappa shape index (κ2) is 6.11. The highest BCUT2D eigenvalue weighted by atomic mass is 16.5. The number of rotatable bonds is 5. The van der Waals surface area contributed by atoms with Crippen LogP contribution in [-0.2, 0) is 14.3 Å². The van der Waals surface area contributed by atoms with Gasteiger partial charge in [-0.15, -0.1) is 0 Å². The first-order chi connectivity index (χ1) is 6.33. The molecule has 0 bridgehead atoms. The lowest BCUT2D eigenvalue weighted by atomic mass is 9.98. The number of carbonyl (C=O) groups excluding carboxylic acids is 1. The summed E-state index contributed by atoms with van der Waals surface area (Å²) in [4.78, 5) is 11.0. The molecule has 0 aromatic carbocycles. The minimum Gasteiger partial charge on any atom is -0.377 e. The van der Waals surface area contributed by atoms with Gasteiger partial charge >= 0.3 is 0 Å². The highest BCUT2D eigenvalue weighted by molar-refractivity contribution is 5.80. The van der Waals surface area contributed by atoms with E-state index in [1.165, 1.54) is 26.4 Å². The third-order valence-electron chi connectivity index (χ3n) is 2.34. The molecule has 3 nitrogen and oxygen atoms in total. The van der Waals surface area contributed by atoms with Crippen molar-refractivity contribution in [2.45, 2.75) is 38.2 Å². The van der Waals surface area contributed by atoms with Crippen LogP contribution in [0.15, 0.2) is 0 Å². The van der Waals surface area contributed by atoms with E-state index in [1.54, 1.807) is 0 Å². The minimum absolute atomic E-state index is 0.0353. The molecule has 0 aliphatic heterocycles. The zero-order valence-electron chi connectivity index (χ0n) is 8.25. The number of ketones is 1. The number of hydrogen-bond donors (Lipinski definition) is 0. The van der Waals surface area contributed by atoms with Gasteiger partial charge in [0.15, 0.2) is 5.78 Å². The summed E-state index contributed by atoms with van der Waals surface area (Å²) in [5, 5.41) is 0. The van der Waals surface area contributed by atoms with Crippen molar-refractivity contribution in [2.24, 2.45) is 0 Å². The van der Waals surface area contributed by atoms with Gasteiger partial charge in [0.2, 0.25) is 0 Å². The summed E-state index contributed by atoms with van der Waals surface area (Å²) in [5.74, 6) is 0.0353. The quantitative estimate of drug-likeness (QED) is 0.653. The maximum Gasteiger partial charge on any atom is 0.183 e. The molecule has 0 unspecified atom stereocenters. The first kappa shape index (κ1) is 10.7. The topological polar surface area (TPSA) is 35.5 Å². The molecule has 1 aliphatic carbocycles. The van der Waals surface area contributed by atoms with Gasteiger partial charge < -0.3 is 9.47 Å². The summed E-state index contributed by atoms with van der Waals surface area (Å²) in [5.41, 5.74) is 0. The van der Waals surface area contributed by atoms with E-state index in [4.69, 9.17) is 9.47 Å². The van der Waals surface area contributed by atoms with Gasteiger partial charge in [0, 0.05) is 7.11 Å². The molecule has 1 saturated carbocycles. The van der Waals surface area contributed by atoms with E-state index in [1.807, 2.05) is 0 Å². The molecule has 0 atom stereocenters. The number of methoxy groups -OCH3 is 1. The molecule has 0 aromatic heterocycles. The molecule has 76 valence electrons. The maximum atomic E-state index is 11.0. The first-order valence-corrected chi connectivity index (χ1v) is 4.95. The third kappa shape index (κ3) is 4.39. The van der Waals surface area contributed by atoms with Crippen molar-refractivity contribution in [3.63, 3.8) is 0 Å². The van der Waals surface area contributed by atoms with Crippen LogP contribution >= 0.6 is 0 Å². The van der Waals surface area contributed by atoms with E-state index < -0.39 is 0 Å². The number of carbonyl (C=O) groups is 1. The Hall–Kier alpha value is -0.410. The normalized spacial score (nSPS) is 18.8. The van der Waals surface area contributed by atoms with E-state index in [0.717, 1.165) is 12.8 Å². The van der Waals surface area contributed by atoms with E-state index in [2.05, 4.69) is 0 Å². The maximum absolute atomic E-state index is 11.0. The molecule has 0 amide bonds. The summed E-state index contributed by atoms with van der Waals surface area (Å²) < 4.78 is 10.2. The fraction of sp³-hybridized carbons (Fsp3) is 0.900. The van der Waals surface area contributed by atoms with Crippen LogP contribution in [0, 0.1) is 0 Å². The molecule has 1 rings (SSSR count). The number of ether oxygens (including phenoxy) is 2. The van der Waals surface area contributed by atoms with Gasteiger partial charge in [-0.05, 0) is 12.8 Å². The standard InChI is InChI=1S/C10H18O3/c1-12-7-9(11)8-13-10-5-3-2-4-6-10/h10H,2-8H2,1H3. The fourth-order valence-electron chi connectivity index (χ4n) is 1.65. The number of hydrogen-bond acceptors (Lipinski definition) is 3. The largest absolute Gasteiger partial charge is 0.377 e. The van der Waals surface area contributed by atoms with Gasteiger partial charge in [-0.2, -0.15) is 0 Å². The Balaban J connectivity index is 2.06. The SMILES string of the molecule is COCC(=O)COC1CCCCC1. The Morgan fingerprint density at radius 2 is 1.92 bits per heavy atom. The molecule has 0 N–H and O–H groups in total. The smallest absolute Gasteiger partial charge is 0.183 e. The second-order valence-electron chi connectivity index (χ2n) is 3.54. The van der Waals surface area contributed by atoms with E-state index in [-0.39, 0.29) is 19.0 Å². The fourth-order valence-corrected chi connectivity index (χ4v) is 1.65. The lowest BCUT2D eigenvalue weighted by Crippen LogP contribution is -2.22. The van der Waals surface area contributed by atoms with Crippen LogP contribution in [0.3, 0.4) is 0 Å². The average Bonchev–Trinajstić information content (AvgIpc) is 2.17. The Morgan fingerprint density at radius 1 is 1.23 bits per heavy atom. The summed E-state index contributed by atoms with van der Waals surface area (Å²) in [6, 6.07) is 0. The zero-order chi connectivity index (χ0) is 9.52. The molecule has 0 heterocycles. The summed E-state index contributed by atoms with van der Waals surface area (Å²) in [7, 11) is 1.53. The van der Waals surface area contributed by atoms with Crippen LogP contribution in [0.25, 0.3) is 0 Å². The van der Waals surface area contributed by atoms with Crippen LogP contribution in [0.2, 0.25) is 0 Å². The summed E-state index contributed by atoms with van der Waals surface area (Å²) >= 11 is 0. The Labute approximate surface area is 79.4 Å². The monoisotopic (exact) mass is 186 g/mol. The predicted molar refractivity (Wildman–Crippen MR) is 49.7 cm³/mol. The highest BCUT2D eigenvalue weighted by Gasteiger charge is 2.14. The molecule has 1 aliphatic rings. The highest BCUT2D eigenvalue weighted by Crippen LogP contribution is 2.19. The Kier molecular flexibility index (Phi) is 5.01. The Bertz CT molecular complexity index is 150. The van der Waals surface area contributed by atoms with Gasteiger partial charge in [-0.3, -0.25) is 4.79 Å². The van der Waals surface area contributed by atoms with Crippen molar-refractivity contribution < 1.29 is 14.3 Å². The van der Waals surface area contributed by atoms with Gasteiger partial charge in [-0.1, -0.05) is 19.3 Å². The van der Waals surface area contributed by atoms with Gasteiger partial charge in [-0.25, -0.2) is 0 Å². The summed E-state index contributed by atoms with van der Waals surface area (Å²) in [6.45, 7) is 0.394. The number of Topliss-reactive ketones (excluding diaryl/α,β-unsaturated/α-hetero) is 1. The van der Waals surface area contributed by atoms with Crippen molar-refractivity contribution in [3.05, 3.63) is 0 Å². The van der Waals surface area contributed by atoms with E-state index in [0.29, 0.717) is 6.10 Å². The molecule has 0 radical (unpaired) electrons. The summed E-state index contributed by atoms with van der Waals surface area (Å²) in [6.07, 6.45) is 6.33. The van der Waals surface area contributed by atoms with Gasteiger partial charge in [0.1, 0.15) is 13.2 Å². The van der Waals surface area contributed by atoms with Crippen LogP contribution in [0.1, 0.15) is 32.1 Å². The van der Waals surface area contributed by atoms with Crippen molar-refractivity contribution in [1.29, 1.82) is 0 Å². The van der Waals surface area contributed by atoms with Crippen LogP contribution in [-0.4, -0.2) is 32.2 Å². The lowest BCUT2D eigenvalue weighted by Gasteiger charge is -2.21. The predicted octanol–water partition coefficient (Wildman–Crippen LogP) is 1.55. The second-order valence-corrected chi connectivity index (χ2v) is 3.54. The van der Waals surface area contributed by atoms with Crippen molar-refractivity contribution in [2.75, 3.05) is 20.3 Å². The molecule has 13 heavy (non-hydrogen) atoms. The molecule has 3 heteroatoms. The first-order valence-electron chi connectivity index (χ1n) is 4.95. The molecular weight excluding hydrogens is 168 g/mol. The van der Waals surface area contributed by atoms with Crippen LogP contribution in [0.4, 0.5) is 0 Å². The molecular formula is C10H18O3. The van der Waals surface area contributed by atoms with Crippen LogP contribution in [0.5, 0.6) is 0 Å². The van der Waals surface area contributed by atoms with Crippen molar-refractivity contribution in [1.82, 2.24) is 0 Å². The minimum atomic E-state index is 0.0353. The molecule has 0 spiro atoms. The zero-order valence-corrected chi connectivity index (χ0v) is 8.25. The average molecular weight is 186 g/mol. The van der Waals surface area contributed by atoms with E-state index >= 15 is 0 Å². The van der Waals surface area contributed by atoms with Gasteiger partial charge in [0.25, 0.3) is 0 Å². The molecule has 0 saturated heterocycles. The van der Waals surface area contributed by atoms with Crippen LogP contribution < -0.4 is 0 Å². The Morgan fingerprint density at radius 3 is 2.54 bits per heavy atom. The van der Waals surface area contributed by atoms with Crippen molar-refractivity contribution >= 4 is 5.78 Å². The van der Waals surface area contributed by atoms with E-state index in [9.17, 15) is 4.79 Å². The molecule has 0 aromatic rings. The van der Waals surface area contributed by atoms with Crippen molar-refractivity contribution in [3.8, 4) is 0 Å². The lowest BCUT2D eigenvalue weighted by molar-refractivity contribution is -0.129. The molecule has 1 fully saturated rings.